The van der Waals surface area contributed by atoms with Gasteiger partial charge in [-0.25, -0.2) is 4.68 Å². The summed E-state index contributed by atoms with van der Waals surface area (Å²) in [5.41, 5.74) is 0.679. The summed E-state index contributed by atoms with van der Waals surface area (Å²) in [5.74, 6) is 1.29. The lowest BCUT2D eigenvalue weighted by Gasteiger charge is -2.09. The zero-order valence-electron chi connectivity index (χ0n) is 13.7. The molecule has 0 unspecified atom stereocenters. The minimum absolute atomic E-state index is 0.0202. The zero-order chi connectivity index (χ0) is 17.9. The summed E-state index contributed by atoms with van der Waals surface area (Å²) in [4.78, 5) is 14.6. The Kier molecular flexibility index (Phi) is 4.61. The highest BCUT2D eigenvalue weighted by Gasteiger charge is 2.22. The van der Waals surface area contributed by atoms with Gasteiger partial charge in [-0.15, -0.1) is 5.10 Å². The normalized spacial score (nSPS) is 14.8. The van der Waals surface area contributed by atoms with Crippen LogP contribution in [0.4, 0.5) is 5.69 Å². The summed E-state index contributed by atoms with van der Waals surface area (Å²) in [7, 11) is 0. The molecule has 10 nitrogen and oxygen atoms in total. The molecule has 0 aliphatic heterocycles. The zero-order valence-corrected chi connectivity index (χ0v) is 14.5. The van der Waals surface area contributed by atoms with Crippen molar-refractivity contribution in [1.29, 1.82) is 0 Å². The van der Waals surface area contributed by atoms with Crippen molar-refractivity contribution in [3.8, 4) is 11.4 Å². The Morgan fingerprint density at radius 2 is 2.04 bits per heavy atom. The Morgan fingerprint density at radius 1 is 1.27 bits per heavy atom. The molecule has 0 amide bonds. The minimum atomic E-state index is -0.448. The largest absolute Gasteiger partial charge is 0.338 e. The van der Waals surface area contributed by atoms with E-state index in [4.69, 9.17) is 4.52 Å². The van der Waals surface area contributed by atoms with Crippen molar-refractivity contribution in [2.75, 3.05) is 0 Å². The number of thioether (sulfide) groups is 1. The molecule has 2 aromatic heterocycles. The predicted octanol–water partition coefficient (Wildman–Crippen LogP) is 3.04. The summed E-state index contributed by atoms with van der Waals surface area (Å²) in [6, 6.07) is 6.39. The van der Waals surface area contributed by atoms with Crippen molar-refractivity contribution >= 4 is 17.4 Å². The van der Waals surface area contributed by atoms with E-state index in [0.29, 0.717) is 29.1 Å². The molecule has 2 heterocycles. The van der Waals surface area contributed by atoms with Crippen LogP contribution in [0.1, 0.15) is 37.6 Å². The van der Waals surface area contributed by atoms with E-state index in [0.717, 1.165) is 18.0 Å². The lowest BCUT2D eigenvalue weighted by atomic mass is 10.2. The van der Waals surface area contributed by atoms with Gasteiger partial charge in [-0.2, -0.15) is 4.98 Å². The smallest absolute Gasteiger partial charge is 0.269 e. The van der Waals surface area contributed by atoms with E-state index >= 15 is 0 Å². The van der Waals surface area contributed by atoms with E-state index in [-0.39, 0.29) is 5.69 Å². The molecule has 1 aromatic carbocycles. The maximum Gasteiger partial charge on any atom is 0.269 e. The highest BCUT2D eigenvalue weighted by Crippen LogP contribution is 2.32. The number of hydrogen-bond donors (Lipinski definition) is 0. The van der Waals surface area contributed by atoms with Crippen molar-refractivity contribution in [2.45, 2.75) is 42.6 Å². The van der Waals surface area contributed by atoms with Gasteiger partial charge in [-0.1, -0.05) is 29.8 Å². The number of nitro groups is 1. The molecule has 0 bridgehead atoms. The molecular weight excluding hydrogens is 358 g/mol. The van der Waals surface area contributed by atoms with Gasteiger partial charge in [-0.05, 0) is 35.4 Å². The monoisotopic (exact) mass is 373 g/mol. The van der Waals surface area contributed by atoms with E-state index in [1.54, 1.807) is 12.1 Å². The molecule has 0 saturated heterocycles. The van der Waals surface area contributed by atoms with Crippen molar-refractivity contribution < 1.29 is 9.45 Å². The van der Waals surface area contributed by atoms with Crippen LogP contribution >= 0.6 is 11.8 Å². The predicted molar refractivity (Wildman–Crippen MR) is 91.3 cm³/mol. The van der Waals surface area contributed by atoms with Crippen molar-refractivity contribution in [3.63, 3.8) is 0 Å². The second kappa shape index (κ2) is 7.20. The molecule has 134 valence electrons. The van der Waals surface area contributed by atoms with Crippen LogP contribution in [0.3, 0.4) is 0 Å². The minimum Gasteiger partial charge on any atom is -0.338 e. The topological polar surface area (TPSA) is 126 Å². The average Bonchev–Trinajstić information content (AvgIpc) is 3.40. The van der Waals surface area contributed by atoms with Crippen LogP contribution in [0.5, 0.6) is 0 Å². The molecule has 11 heteroatoms. The van der Waals surface area contributed by atoms with Gasteiger partial charge in [-0.3, -0.25) is 10.1 Å². The van der Waals surface area contributed by atoms with Crippen LogP contribution in [0.15, 0.2) is 33.9 Å². The maximum absolute atomic E-state index is 10.7. The number of benzene rings is 1. The number of tetrazole rings is 1. The molecule has 0 N–H and O–H groups in total. The lowest BCUT2D eigenvalue weighted by molar-refractivity contribution is -0.384. The molecule has 1 aliphatic carbocycles. The first-order valence-electron chi connectivity index (χ1n) is 8.19. The quantitative estimate of drug-likeness (QED) is 0.364. The fourth-order valence-corrected chi connectivity index (χ4v) is 3.73. The second-order valence-corrected chi connectivity index (χ2v) is 6.89. The number of rotatable bonds is 6. The Morgan fingerprint density at radius 3 is 2.77 bits per heavy atom. The molecule has 4 rings (SSSR count). The highest BCUT2D eigenvalue weighted by atomic mass is 32.2. The van der Waals surface area contributed by atoms with Crippen LogP contribution in [0.2, 0.25) is 0 Å². The SMILES string of the molecule is O=[N+]([O-])c1ccc(-c2noc(CSc3nnnn3C3CCCC3)n2)cc1. The summed E-state index contributed by atoms with van der Waals surface area (Å²) >= 11 is 1.45. The fourth-order valence-electron chi connectivity index (χ4n) is 2.95. The van der Waals surface area contributed by atoms with E-state index in [1.807, 2.05) is 4.68 Å². The standard InChI is InChI=1S/C15H15N7O3S/c23-22(24)12-7-5-10(6-8-12)14-16-13(25-18-14)9-26-15-17-19-20-21(15)11-3-1-2-4-11/h5-8,11H,1-4,9H2. The molecule has 0 radical (unpaired) electrons. The molecule has 1 aliphatic rings. The summed E-state index contributed by atoms with van der Waals surface area (Å²) < 4.78 is 7.15. The molecule has 0 atom stereocenters. The van der Waals surface area contributed by atoms with E-state index in [1.165, 1.54) is 36.7 Å². The Hall–Kier alpha value is -2.82. The van der Waals surface area contributed by atoms with Crippen LogP contribution in [-0.2, 0) is 5.75 Å². The van der Waals surface area contributed by atoms with Crippen LogP contribution in [-0.4, -0.2) is 35.3 Å². The first kappa shape index (κ1) is 16.6. The molecule has 1 fully saturated rings. The Bertz CT molecular complexity index is 902. The van der Waals surface area contributed by atoms with E-state index in [2.05, 4.69) is 25.7 Å². The number of aromatic nitrogens is 6. The molecular formula is C15H15N7O3S. The summed E-state index contributed by atoms with van der Waals surface area (Å²) in [5, 5.41) is 27.3. The average molecular weight is 373 g/mol. The fraction of sp³-hybridized carbons (Fsp3) is 0.400. The third-order valence-corrected chi connectivity index (χ3v) is 5.18. The van der Waals surface area contributed by atoms with Gasteiger partial charge < -0.3 is 4.52 Å². The van der Waals surface area contributed by atoms with Gasteiger partial charge in [0, 0.05) is 17.7 Å². The van der Waals surface area contributed by atoms with Gasteiger partial charge in [0.15, 0.2) is 0 Å². The number of hydrogen-bond acceptors (Lipinski definition) is 9. The molecule has 26 heavy (non-hydrogen) atoms. The first-order valence-corrected chi connectivity index (χ1v) is 9.17. The number of nitrogens with zero attached hydrogens (tertiary/aromatic N) is 7. The van der Waals surface area contributed by atoms with E-state index < -0.39 is 4.92 Å². The van der Waals surface area contributed by atoms with Gasteiger partial charge in [0.25, 0.3) is 5.69 Å². The first-order chi connectivity index (χ1) is 12.7. The van der Waals surface area contributed by atoms with Gasteiger partial charge in [0.1, 0.15) is 0 Å². The highest BCUT2D eigenvalue weighted by molar-refractivity contribution is 7.98. The Labute approximate surface area is 152 Å². The van der Waals surface area contributed by atoms with Crippen LogP contribution in [0, 0.1) is 10.1 Å². The molecule has 0 spiro atoms. The van der Waals surface area contributed by atoms with Gasteiger partial charge in [0.2, 0.25) is 16.9 Å². The van der Waals surface area contributed by atoms with Crippen LogP contribution < -0.4 is 0 Å². The molecule has 1 saturated carbocycles. The maximum atomic E-state index is 10.7. The van der Waals surface area contributed by atoms with Crippen molar-refractivity contribution in [2.24, 2.45) is 0 Å². The number of non-ortho nitro benzene ring substituents is 1. The van der Waals surface area contributed by atoms with Gasteiger partial charge in [0.05, 0.1) is 16.7 Å². The van der Waals surface area contributed by atoms with E-state index in [9.17, 15) is 10.1 Å². The van der Waals surface area contributed by atoms with Crippen LogP contribution in [0.25, 0.3) is 11.4 Å². The van der Waals surface area contributed by atoms with Gasteiger partial charge >= 0.3 is 0 Å². The number of nitro benzene ring substituents is 1. The third-order valence-electron chi connectivity index (χ3n) is 4.26. The Balaban J connectivity index is 1.43. The summed E-state index contributed by atoms with van der Waals surface area (Å²) in [6.07, 6.45) is 4.61. The second-order valence-electron chi connectivity index (χ2n) is 5.95. The third kappa shape index (κ3) is 3.43. The summed E-state index contributed by atoms with van der Waals surface area (Å²) in [6.45, 7) is 0. The van der Waals surface area contributed by atoms with Crippen molar-refractivity contribution in [1.82, 2.24) is 30.3 Å². The van der Waals surface area contributed by atoms with Crippen molar-refractivity contribution in [3.05, 3.63) is 40.3 Å². The lowest BCUT2D eigenvalue weighted by Crippen LogP contribution is -2.08. The molecule has 3 aromatic rings.